The SMILES string of the molecule is COCc1csc(C(=O)N2CCC2(C)CO)c1. The summed E-state index contributed by atoms with van der Waals surface area (Å²) in [5, 5.41) is 11.2. The highest BCUT2D eigenvalue weighted by atomic mass is 32.1. The molecule has 0 aromatic carbocycles. The van der Waals surface area contributed by atoms with E-state index in [1.165, 1.54) is 11.3 Å². The lowest BCUT2D eigenvalue weighted by Gasteiger charge is -2.49. The van der Waals surface area contributed by atoms with Gasteiger partial charge in [0.05, 0.1) is 23.6 Å². The highest BCUT2D eigenvalue weighted by molar-refractivity contribution is 7.12. The number of aliphatic hydroxyl groups is 1. The number of carbonyl (C=O) groups is 1. The van der Waals surface area contributed by atoms with E-state index in [0.717, 1.165) is 23.4 Å². The molecule has 5 heteroatoms. The molecule has 0 radical (unpaired) electrons. The Kier molecular flexibility index (Phi) is 3.51. The van der Waals surface area contributed by atoms with Gasteiger partial charge >= 0.3 is 0 Å². The largest absolute Gasteiger partial charge is 0.394 e. The van der Waals surface area contributed by atoms with Crippen molar-refractivity contribution in [2.24, 2.45) is 0 Å². The lowest BCUT2D eigenvalue weighted by Crippen LogP contribution is -2.62. The molecule has 1 aromatic rings. The molecule has 1 saturated heterocycles. The lowest BCUT2D eigenvalue weighted by atomic mass is 9.87. The maximum Gasteiger partial charge on any atom is 0.264 e. The third-order valence-corrected chi connectivity index (χ3v) is 4.25. The average Bonchev–Trinajstić information content (AvgIpc) is 2.75. The Morgan fingerprint density at radius 1 is 1.71 bits per heavy atom. The van der Waals surface area contributed by atoms with Crippen LogP contribution >= 0.6 is 11.3 Å². The first kappa shape index (κ1) is 12.5. The smallest absolute Gasteiger partial charge is 0.264 e. The third-order valence-electron chi connectivity index (χ3n) is 3.29. The van der Waals surface area contributed by atoms with E-state index in [0.29, 0.717) is 6.61 Å². The first-order valence-corrected chi connectivity index (χ1v) is 6.48. The van der Waals surface area contributed by atoms with E-state index in [-0.39, 0.29) is 18.1 Å². The molecule has 1 aromatic heterocycles. The zero-order chi connectivity index (χ0) is 12.5. The van der Waals surface area contributed by atoms with Gasteiger partial charge in [0.25, 0.3) is 5.91 Å². The molecular formula is C12H17NO3S. The summed E-state index contributed by atoms with van der Waals surface area (Å²) in [6.07, 6.45) is 0.867. The molecular weight excluding hydrogens is 238 g/mol. The van der Waals surface area contributed by atoms with Gasteiger partial charge in [-0.2, -0.15) is 0 Å². The Hall–Kier alpha value is -0.910. The van der Waals surface area contributed by atoms with E-state index in [2.05, 4.69) is 0 Å². The van der Waals surface area contributed by atoms with Gasteiger partial charge in [-0.25, -0.2) is 0 Å². The highest BCUT2D eigenvalue weighted by Crippen LogP contribution is 2.32. The molecule has 1 N–H and O–H groups in total. The number of aliphatic hydroxyl groups excluding tert-OH is 1. The van der Waals surface area contributed by atoms with Crippen LogP contribution in [-0.2, 0) is 11.3 Å². The number of carbonyl (C=O) groups excluding carboxylic acids is 1. The predicted molar refractivity (Wildman–Crippen MR) is 66.2 cm³/mol. The summed E-state index contributed by atoms with van der Waals surface area (Å²) in [6, 6.07) is 1.87. The molecule has 4 nitrogen and oxygen atoms in total. The van der Waals surface area contributed by atoms with Crippen molar-refractivity contribution in [1.82, 2.24) is 4.90 Å². The molecule has 1 atom stereocenters. The number of methoxy groups -OCH3 is 1. The number of hydrogen-bond donors (Lipinski definition) is 1. The van der Waals surface area contributed by atoms with Crippen LogP contribution in [0.3, 0.4) is 0 Å². The Morgan fingerprint density at radius 3 is 3.00 bits per heavy atom. The lowest BCUT2D eigenvalue weighted by molar-refractivity contribution is -0.0226. The van der Waals surface area contributed by atoms with Crippen LogP contribution < -0.4 is 0 Å². The first-order chi connectivity index (χ1) is 8.10. The monoisotopic (exact) mass is 255 g/mol. The number of rotatable bonds is 4. The fourth-order valence-electron chi connectivity index (χ4n) is 1.98. The number of thiophene rings is 1. The van der Waals surface area contributed by atoms with E-state index in [4.69, 9.17) is 4.74 Å². The van der Waals surface area contributed by atoms with Crippen molar-refractivity contribution in [2.45, 2.75) is 25.5 Å². The van der Waals surface area contributed by atoms with Crippen molar-refractivity contribution in [3.8, 4) is 0 Å². The molecule has 0 bridgehead atoms. The number of amides is 1. The minimum atomic E-state index is -0.373. The van der Waals surface area contributed by atoms with Crippen molar-refractivity contribution in [3.05, 3.63) is 21.9 Å². The Bertz CT molecular complexity index is 414. The van der Waals surface area contributed by atoms with Gasteiger partial charge in [-0.3, -0.25) is 4.79 Å². The molecule has 1 unspecified atom stereocenters. The van der Waals surface area contributed by atoms with E-state index >= 15 is 0 Å². The second-order valence-corrected chi connectivity index (χ2v) is 5.53. The summed E-state index contributed by atoms with van der Waals surface area (Å²) in [5.41, 5.74) is 0.648. The summed E-state index contributed by atoms with van der Waals surface area (Å²) in [7, 11) is 1.64. The number of nitrogens with zero attached hydrogens (tertiary/aromatic N) is 1. The molecule has 94 valence electrons. The fourth-order valence-corrected chi connectivity index (χ4v) is 2.82. The van der Waals surface area contributed by atoms with Gasteiger partial charge in [-0.15, -0.1) is 11.3 Å². The molecule has 17 heavy (non-hydrogen) atoms. The van der Waals surface area contributed by atoms with Crippen LogP contribution in [0.25, 0.3) is 0 Å². The van der Waals surface area contributed by atoms with Crippen molar-refractivity contribution < 1.29 is 14.6 Å². The Morgan fingerprint density at radius 2 is 2.47 bits per heavy atom. The van der Waals surface area contributed by atoms with Gasteiger partial charge < -0.3 is 14.7 Å². The van der Waals surface area contributed by atoms with Crippen LogP contribution in [0.4, 0.5) is 0 Å². The van der Waals surface area contributed by atoms with Gasteiger partial charge in [-0.1, -0.05) is 0 Å². The zero-order valence-corrected chi connectivity index (χ0v) is 10.9. The van der Waals surface area contributed by atoms with Gasteiger partial charge in [0.2, 0.25) is 0 Å². The molecule has 0 spiro atoms. The predicted octanol–water partition coefficient (Wildman–Crippen LogP) is 1.49. The van der Waals surface area contributed by atoms with E-state index < -0.39 is 0 Å². The first-order valence-electron chi connectivity index (χ1n) is 5.60. The van der Waals surface area contributed by atoms with Crippen LogP contribution in [0.15, 0.2) is 11.4 Å². The third kappa shape index (κ3) is 2.22. The average molecular weight is 255 g/mol. The summed E-state index contributed by atoms with van der Waals surface area (Å²) in [5.74, 6) is 0.0140. The minimum absolute atomic E-state index is 0.0140. The molecule has 1 aliphatic rings. The van der Waals surface area contributed by atoms with Crippen LogP contribution in [0, 0.1) is 0 Å². The minimum Gasteiger partial charge on any atom is -0.394 e. The standard InChI is InChI=1S/C12H17NO3S/c1-12(8-14)3-4-13(12)11(15)10-5-9(6-16-2)7-17-10/h5,7,14H,3-4,6,8H2,1-2H3. The van der Waals surface area contributed by atoms with Crippen molar-refractivity contribution in [2.75, 3.05) is 20.3 Å². The number of hydrogen-bond acceptors (Lipinski definition) is 4. The van der Waals surface area contributed by atoms with Crippen LogP contribution in [0.1, 0.15) is 28.6 Å². The number of ether oxygens (including phenoxy) is 1. The van der Waals surface area contributed by atoms with Crippen LogP contribution in [-0.4, -0.2) is 41.7 Å². The van der Waals surface area contributed by atoms with Crippen LogP contribution in [0.2, 0.25) is 0 Å². The van der Waals surface area contributed by atoms with Gasteiger partial charge in [0.15, 0.2) is 0 Å². The normalized spacial score (nSPS) is 23.6. The summed E-state index contributed by atoms with van der Waals surface area (Å²) in [6.45, 7) is 3.20. The molecule has 1 aliphatic heterocycles. The topological polar surface area (TPSA) is 49.8 Å². The molecule has 0 aliphatic carbocycles. The maximum atomic E-state index is 12.2. The second-order valence-electron chi connectivity index (χ2n) is 4.61. The fraction of sp³-hybridized carbons (Fsp3) is 0.583. The van der Waals surface area contributed by atoms with Gasteiger partial charge in [0.1, 0.15) is 0 Å². The van der Waals surface area contributed by atoms with Gasteiger partial charge in [-0.05, 0) is 30.4 Å². The van der Waals surface area contributed by atoms with Crippen molar-refractivity contribution in [1.29, 1.82) is 0 Å². The molecule has 1 fully saturated rings. The molecule has 1 amide bonds. The summed E-state index contributed by atoms with van der Waals surface area (Å²) < 4.78 is 5.03. The highest BCUT2D eigenvalue weighted by Gasteiger charge is 2.43. The van der Waals surface area contributed by atoms with Crippen LogP contribution in [0.5, 0.6) is 0 Å². The van der Waals surface area contributed by atoms with E-state index in [1.807, 2.05) is 18.4 Å². The van der Waals surface area contributed by atoms with Crippen molar-refractivity contribution >= 4 is 17.2 Å². The Balaban J connectivity index is 2.09. The van der Waals surface area contributed by atoms with E-state index in [9.17, 15) is 9.90 Å². The van der Waals surface area contributed by atoms with E-state index in [1.54, 1.807) is 12.0 Å². The summed E-state index contributed by atoms with van der Waals surface area (Å²) >= 11 is 1.43. The number of likely N-dealkylation sites (tertiary alicyclic amines) is 1. The Labute approximate surface area is 105 Å². The van der Waals surface area contributed by atoms with Crippen molar-refractivity contribution in [3.63, 3.8) is 0 Å². The molecule has 2 heterocycles. The van der Waals surface area contributed by atoms with Gasteiger partial charge in [0, 0.05) is 13.7 Å². The quantitative estimate of drug-likeness (QED) is 0.887. The molecule has 2 rings (SSSR count). The second kappa shape index (κ2) is 4.76. The maximum absolute atomic E-state index is 12.2. The molecule has 0 saturated carbocycles. The summed E-state index contributed by atoms with van der Waals surface area (Å²) in [4.78, 5) is 14.7. The zero-order valence-electron chi connectivity index (χ0n) is 10.1.